The van der Waals surface area contributed by atoms with E-state index in [0.717, 1.165) is 12.5 Å². The summed E-state index contributed by atoms with van der Waals surface area (Å²) >= 11 is 0. The van der Waals surface area contributed by atoms with Crippen LogP contribution in [0.15, 0.2) is 0 Å². The predicted octanol–water partition coefficient (Wildman–Crippen LogP) is 3.77. The van der Waals surface area contributed by atoms with Crippen molar-refractivity contribution in [3.63, 3.8) is 0 Å². The lowest BCUT2D eigenvalue weighted by Crippen LogP contribution is -2.39. The van der Waals surface area contributed by atoms with Crippen molar-refractivity contribution >= 4 is 0 Å². The normalized spacial score (nSPS) is 67.3. The average molecular weight is 220 g/mol. The first-order valence-corrected chi connectivity index (χ1v) is 7.10. The van der Waals surface area contributed by atoms with Crippen LogP contribution >= 0.6 is 0 Å². The molecule has 1 aliphatic heterocycles. The highest BCUT2D eigenvalue weighted by atomic mass is 16.6. The summed E-state index contributed by atoms with van der Waals surface area (Å²) < 4.78 is 5.93. The summed E-state index contributed by atoms with van der Waals surface area (Å²) in [6.07, 6.45) is 8.57. The molecule has 4 aliphatic rings. The third-order valence-electron chi connectivity index (χ3n) is 7.64. The van der Waals surface area contributed by atoms with Gasteiger partial charge >= 0.3 is 0 Å². The van der Waals surface area contributed by atoms with Gasteiger partial charge in [0.25, 0.3) is 0 Å². The molecular weight excluding hydrogens is 196 g/mol. The Morgan fingerprint density at radius 3 is 2.44 bits per heavy atom. The maximum absolute atomic E-state index is 5.93. The van der Waals surface area contributed by atoms with E-state index in [1.54, 1.807) is 0 Å². The van der Waals surface area contributed by atoms with Gasteiger partial charge in [-0.1, -0.05) is 27.2 Å². The van der Waals surface area contributed by atoms with Gasteiger partial charge in [0.2, 0.25) is 0 Å². The van der Waals surface area contributed by atoms with Crippen molar-refractivity contribution in [3.05, 3.63) is 0 Å². The molecule has 0 aromatic carbocycles. The zero-order valence-electron chi connectivity index (χ0n) is 10.9. The summed E-state index contributed by atoms with van der Waals surface area (Å²) in [5.74, 6) is 0.867. The first kappa shape index (κ1) is 9.94. The SMILES string of the molecule is C[C@@]12CC[C@]3(CO3)[C@@H](C1)[C@]1(C)CCC[C@]21C. The first-order valence-electron chi connectivity index (χ1n) is 7.10. The number of epoxide rings is 1. The third kappa shape index (κ3) is 0.776. The van der Waals surface area contributed by atoms with E-state index in [9.17, 15) is 0 Å². The summed E-state index contributed by atoms with van der Waals surface area (Å²) in [5.41, 5.74) is 2.13. The van der Waals surface area contributed by atoms with E-state index in [2.05, 4.69) is 20.8 Å². The van der Waals surface area contributed by atoms with Crippen LogP contribution in [-0.2, 0) is 4.74 Å². The monoisotopic (exact) mass is 220 g/mol. The minimum Gasteiger partial charge on any atom is -0.369 e. The second-order valence-corrected chi connectivity index (χ2v) is 7.77. The maximum atomic E-state index is 5.93. The molecule has 0 aromatic rings. The van der Waals surface area contributed by atoms with Crippen LogP contribution in [0.1, 0.15) is 59.3 Å². The predicted molar refractivity (Wildman–Crippen MR) is 64.2 cm³/mol. The van der Waals surface area contributed by atoms with Crippen LogP contribution in [0, 0.1) is 22.2 Å². The van der Waals surface area contributed by atoms with Crippen LogP contribution in [0.25, 0.3) is 0 Å². The average Bonchev–Trinajstić information content (AvgIpc) is 2.91. The molecule has 0 amide bonds. The van der Waals surface area contributed by atoms with Gasteiger partial charge in [-0.15, -0.1) is 0 Å². The summed E-state index contributed by atoms with van der Waals surface area (Å²) in [4.78, 5) is 0. The van der Waals surface area contributed by atoms with Gasteiger partial charge in [0.05, 0.1) is 12.2 Å². The fourth-order valence-electron chi connectivity index (χ4n) is 6.07. The Bertz CT molecular complexity index is 358. The molecule has 0 radical (unpaired) electrons. The molecule has 0 N–H and O–H groups in total. The Hall–Kier alpha value is -0.0400. The fourth-order valence-corrected chi connectivity index (χ4v) is 6.07. The number of hydrogen-bond donors (Lipinski definition) is 0. The second kappa shape index (κ2) is 2.39. The lowest BCUT2D eigenvalue weighted by Gasteiger charge is -2.45. The van der Waals surface area contributed by atoms with E-state index in [0.29, 0.717) is 21.8 Å². The molecule has 5 atom stereocenters. The smallest absolute Gasteiger partial charge is 0.0950 e. The van der Waals surface area contributed by atoms with Gasteiger partial charge in [-0.3, -0.25) is 0 Å². The van der Waals surface area contributed by atoms with Crippen molar-refractivity contribution in [2.24, 2.45) is 22.2 Å². The molecule has 1 nitrogen and oxygen atoms in total. The zero-order valence-corrected chi connectivity index (χ0v) is 10.9. The Kier molecular flexibility index (Phi) is 1.48. The molecule has 1 spiro atoms. The van der Waals surface area contributed by atoms with Crippen LogP contribution in [0.2, 0.25) is 0 Å². The molecular formula is C15H24O. The molecule has 2 bridgehead atoms. The quantitative estimate of drug-likeness (QED) is 0.566. The van der Waals surface area contributed by atoms with E-state index in [1.807, 2.05) is 0 Å². The van der Waals surface area contributed by atoms with Crippen LogP contribution in [-0.4, -0.2) is 12.2 Å². The Morgan fingerprint density at radius 2 is 1.75 bits per heavy atom. The number of ether oxygens (including phenoxy) is 1. The molecule has 1 heterocycles. The maximum Gasteiger partial charge on any atom is 0.0950 e. The van der Waals surface area contributed by atoms with Gasteiger partial charge in [0.15, 0.2) is 0 Å². The minimum atomic E-state index is 0.344. The van der Waals surface area contributed by atoms with Gasteiger partial charge in [-0.05, 0) is 54.3 Å². The molecule has 16 heavy (non-hydrogen) atoms. The Labute approximate surface area is 98.9 Å². The lowest BCUT2D eigenvalue weighted by molar-refractivity contribution is 0.0308. The highest BCUT2D eigenvalue weighted by molar-refractivity contribution is 5.24. The summed E-state index contributed by atoms with van der Waals surface area (Å²) in [6.45, 7) is 8.83. The van der Waals surface area contributed by atoms with Crippen LogP contribution in [0.3, 0.4) is 0 Å². The van der Waals surface area contributed by atoms with Crippen molar-refractivity contribution in [1.82, 2.24) is 0 Å². The summed E-state index contributed by atoms with van der Waals surface area (Å²) in [5, 5.41) is 0. The number of hydrogen-bond acceptors (Lipinski definition) is 1. The molecule has 3 aliphatic carbocycles. The molecule has 90 valence electrons. The van der Waals surface area contributed by atoms with Crippen molar-refractivity contribution in [2.75, 3.05) is 6.61 Å². The fraction of sp³-hybridized carbons (Fsp3) is 1.00. The molecule has 1 saturated heterocycles. The molecule has 4 fully saturated rings. The zero-order chi connectivity index (χ0) is 11.2. The first-order chi connectivity index (χ1) is 7.46. The molecule has 0 aromatic heterocycles. The van der Waals surface area contributed by atoms with E-state index in [-0.39, 0.29) is 0 Å². The molecule has 3 saturated carbocycles. The third-order valence-corrected chi connectivity index (χ3v) is 7.64. The largest absolute Gasteiger partial charge is 0.369 e. The van der Waals surface area contributed by atoms with Crippen molar-refractivity contribution in [3.8, 4) is 0 Å². The van der Waals surface area contributed by atoms with Gasteiger partial charge < -0.3 is 4.74 Å². The second-order valence-electron chi connectivity index (χ2n) is 7.77. The van der Waals surface area contributed by atoms with E-state index >= 15 is 0 Å². The van der Waals surface area contributed by atoms with E-state index in [4.69, 9.17) is 4.74 Å². The van der Waals surface area contributed by atoms with Gasteiger partial charge in [0, 0.05) is 0 Å². The molecule has 1 heteroatoms. The van der Waals surface area contributed by atoms with E-state index < -0.39 is 0 Å². The van der Waals surface area contributed by atoms with Crippen molar-refractivity contribution in [1.29, 1.82) is 0 Å². The van der Waals surface area contributed by atoms with E-state index in [1.165, 1.54) is 38.5 Å². The summed E-state index contributed by atoms with van der Waals surface area (Å²) in [6, 6.07) is 0. The lowest BCUT2D eigenvalue weighted by atomic mass is 9.59. The standard InChI is InChI=1S/C15H24O/c1-12-7-8-15(10-16-15)11(9-12)13(2)5-4-6-14(12,13)3/h11H,4-10H2,1-3H3/t11-,12+,13-,14+,15-/m0/s1. The summed E-state index contributed by atoms with van der Waals surface area (Å²) in [7, 11) is 0. The Balaban J connectivity index is 1.89. The minimum absolute atomic E-state index is 0.344. The number of fused-ring (bicyclic) bond motifs is 6. The van der Waals surface area contributed by atoms with Crippen molar-refractivity contribution in [2.45, 2.75) is 64.9 Å². The molecule has 4 rings (SSSR count). The van der Waals surface area contributed by atoms with Gasteiger partial charge in [-0.25, -0.2) is 0 Å². The Morgan fingerprint density at radius 1 is 1.00 bits per heavy atom. The van der Waals surface area contributed by atoms with Crippen LogP contribution < -0.4 is 0 Å². The topological polar surface area (TPSA) is 12.5 Å². The van der Waals surface area contributed by atoms with Gasteiger partial charge in [-0.2, -0.15) is 0 Å². The molecule has 0 unspecified atom stereocenters. The van der Waals surface area contributed by atoms with Gasteiger partial charge in [0.1, 0.15) is 0 Å². The van der Waals surface area contributed by atoms with Crippen molar-refractivity contribution < 1.29 is 4.74 Å². The number of rotatable bonds is 0. The van der Waals surface area contributed by atoms with Crippen LogP contribution in [0.5, 0.6) is 0 Å². The van der Waals surface area contributed by atoms with Crippen LogP contribution in [0.4, 0.5) is 0 Å². The highest BCUT2D eigenvalue weighted by Crippen LogP contribution is 2.79. The highest BCUT2D eigenvalue weighted by Gasteiger charge is 2.75.